The van der Waals surface area contributed by atoms with Crippen LogP contribution in [0.4, 0.5) is 0 Å². The molecule has 3 rings (SSSR count). The molecule has 1 fully saturated rings. The van der Waals surface area contributed by atoms with Crippen molar-refractivity contribution < 1.29 is 4.74 Å². The van der Waals surface area contributed by atoms with Crippen molar-refractivity contribution in [1.82, 2.24) is 14.9 Å². The topological polar surface area (TPSA) is 52.0 Å². The van der Waals surface area contributed by atoms with Gasteiger partial charge in [-0.1, -0.05) is 32.5 Å². The van der Waals surface area contributed by atoms with Crippen LogP contribution in [0, 0.1) is 5.41 Å². The summed E-state index contributed by atoms with van der Waals surface area (Å²) in [6.45, 7) is 7.60. The zero-order chi connectivity index (χ0) is 12.8. The predicted octanol–water partition coefficient (Wildman–Crippen LogP) is 2.19. The van der Waals surface area contributed by atoms with Crippen molar-refractivity contribution in [3.63, 3.8) is 0 Å². The lowest BCUT2D eigenvalue weighted by molar-refractivity contribution is 0.101. The van der Waals surface area contributed by atoms with Crippen LogP contribution in [0.2, 0.25) is 0 Å². The van der Waals surface area contributed by atoms with E-state index < -0.39 is 0 Å². The zero-order valence-electron chi connectivity index (χ0n) is 11.1. The van der Waals surface area contributed by atoms with Gasteiger partial charge in [0.1, 0.15) is 6.10 Å². The van der Waals surface area contributed by atoms with Crippen molar-refractivity contribution in [2.45, 2.75) is 50.9 Å². The maximum atomic E-state index is 5.71. The smallest absolute Gasteiger partial charge is 0.210 e. The summed E-state index contributed by atoms with van der Waals surface area (Å²) in [7, 11) is 0. The van der Waals surface area contributed by atoms with Gasteiger partial charge in [0.25, 0.3) is 0 Å². The van der Waals surface area contributed by atoms with E-state index in [-0.39, 0.29) is 11.5 Å². The van der Waals surface area contributed by atoms with Gasteiger partial charge in [0, 0.05) is 12.4 Å². The molecule has 2 atom stereocenters. The van der Waals surface area contributed by atoms with Crippen LogP contribution in [-0.2, 0) is 4.74 Å². The van der Waals surface area contributed by atoms with Crippen molar-refractivity contribution in [2.75, 3.05) is 17.8 Å². The number of nitrogens with one attached hydrogen (secondary N) is 1. The fraction of sp³-hybridized carbons (Fsp3) is 0.833. The van der Waals surface area contributed by atoms with Gasteiger partial charge in [-0.15, -0.1) is 10.2 Å². The summed E-state index contributed by atoms with van der Waals surface area (Å²) in [4.78, 5) is 0. The molecule has 100 valence electrons. The molecule has 1 aromatic rings. The highest BCUT2D eigenvalue weighted by molar-refractivity contribution is 7.99. The first-order chi connectivity index (χ1) is 8.55. The van der Waals surface area contributed by atoms with Crippen molar-refractivity contribution in [2.24, 2.45) is 5.41 Å². The molecule has 6 heteroatoms. The predicted molar refractivity (Wildman–Crippen MR) is 71.3 cm³/mol. The summed E-state index contributed by atoms with van der Waals surface area (Å²) < 4.78 is 7.75. The number of thioether (sulfide) groups is 1. The van der Waals surface area contributed by atoms with Gasteiger partial charge in [0.05, 0.1) is 6.04 Å². The third kappa shape index (κ3) is 2.12. The lowest BCUT2D eigenvalue weighted by Gasteiger charge is -2.35. The first-order valence-electron chi connectivity index (χ1n) is 6.52. The standard InChI is InChI=1S/C12H20N4OS/c1-12(2,3)9-7-18-11-14-13-10(16(11)15-9)8-5-4-6-17-8/h8-9,15H,4-7H2,1-3H3. The fourth-order valence-electron chi connectivity index (χ4n) is 2.28. The summed E-state index contributed by atoms with van der Waals surface area (Å²) >= 11 is 1.77. The highest BCUT2D eigenvalue weighted by atomic mass is 32.2. The average Bonchev–Trinajstić information content (AvgIpc) is 2.95. The first kappa shape index (κ1) is 12.3. The van der Waals surface area contributed by atoms with E-state index >= 15 is 0 Å². The molecule has 0 saturated carbocycles. The third-order valence-corrected chi connectivity index (χ3v) is 4.61. The van der Waals surface area contributed by atoms with Crippen molar-refractivity contribution in [3.05, 3.63) is 5.82 Å². The van der Waals surface area contributed by atoms with Crippen molar-refractivity contribution >= 4 is 11.8 Å². The molecule has 0 radical (unpaired) electrons. The monoisotopic (exact) mass is 268 g/mol. The van der Waals surface area contributed by atoms with E-state index in [1.165, 1.54) is 0 Å². The van der Waals surface area contributed by atoms with Gasteiger partial charge in [-0.05, 0) is 18.3 Å². The van der Waals surface area contributed by atoms with Crippen LogP contribution in [0.1, 0.15) is 45.5 Å². The Balaban J connectivity index is 1.86. The minimum Gasteiger partial charge on any atom is -0.370 e. The number of hydrogen-bond acceptors (Lipinski definition) is 5. The normalized spacial score (nSPS) is 27.9. The van der Waals surface area contributed by atoms with E-state index in [9.17, 15) is 0 Å². The van der Waals surface area contributed by atoms with Gasteiger partial charge in [-0.2, -0.15) is 0 Å². The van der Waals surface area contributed by atoms with Gasteiger partial charge in [0.15, 0.2) is 5.82 Å². The maximum Gasteiger partial charge on any atom is 0.210 e. The summed E-state index contributed by atoms with van der Waals surface area (Å²) in [5.41, 5.74) is 3.78. The molecule has 2 aliphatic heterocycles. The van der Waals surface area contributed by atoms with Crippen LogP contribution in [0.15, 0.2) is 5.16 Å². The lowest BCUT2D eigenvalue weighted by atomic mass is 9.88. The average molecular weight is 268 g/mol. The van der Waals surface area contributed by atoms with Gasteiger partial charge < -0.3 is 10.2 Å². The molecular formula is C12H20N4OS. The minimum absolute atomic E-state index is 0.109. The largest absolute Gasteiger partial charge is 0.370 e. The molecule has 2 unspecified atom stereocenters. The highest BCUT2D eigenvalue weighted by Gasteiger charge is 2.33. The summed E-state index contributed by atoms with van der Waals surface area (Å²) in [5, 5.41) is 9.51. The summed E-state index contributed by atoms with van der Waals surface area (Å²) in [5.74, 6) is 1.97. The Morgan fingerprint density at radius 1 is 1.39 bits per heavy atom. The van der Waals surface area contributed by atoms with Crippen LogP contribution >= 0.6 is 11.8 Å². The molecule has 0 bridgehead atoms. The van der Waals surface area contributed by atoms with Crippen molar-refractivity contribution in [1.29, 1.82) is 0 Å². The second kappa shape index (κ2) is 4.42. The van der Waals surface area contributed by atoms with Gasteiger partial charge >= 0.3 is 0 Å². The number of aromatic nitrogens is 3. The molecule has 3 heterocycles. The molecular weight excluding hydrogens is 248 g/mol. The van der Waals surface area contributed by atoms with E-state index in [1.54, 1.807) is 11.8 Å². The Labute approximate surface area is 112 Å². The van der Waals surface area contributed by atoms with E-state index in [1.807, 2.05) is 4.68 Å². The zero-order valence-corrected chi connectivity index (χ0v) is 12.0. The summed E-state index contributed by atoms with van der Waals surface area (Å²) in [6.07, 6.45) is 2.27. The quantitative estimate of drug-likeness (QED) is 0.846. The lowest BCUT2D eigenvalue weighted by Crippen LogP contribution is -2.44. The van der Waals surface area contributed by atoms with E-state index in [0.29, 0.717) is 6.04 Å². The van der Waals surface area contributed by atoms with Crippen LogP contribution in [0.5, 0.6) is 0 Å². The summed E-state index contributed by atoms with van der Waals surface area (Å²) in [6, 6.07) is 0.422. The highest BCUT2D eigenvalue weighted by Crippen LogP contribution is 2.34. The minimum atomic E-state index is 0.109. The Kier molecular flexibility index (Phi) is 3.02. The maximum absolute atomic E-state index is 5.71. The number of hydrogen-bond donors (Lipinski definition) is 1. The van der Waals surface area contributed by atoms with E-state index in [0.717, 1.165) is 36.2 Å². The number of nitrogens with zero attached hydrogens (tertiary/aromatic N) is 3. The molecule has 18 heavy (non-hydrogen) atoms. The number of ether oxygens (including phenoxy) is 1. The third-order valence-electron chi connectivity index (χ3n) is 3.59. The van der Waals surface area contributed by atoms with Crippen LogP contribution in [0.3, 0.4) is 0 Å². The van der Waals surface area contributed by atoms with Crippen LogP contribution in [-0.4, -0.2) is 33.3 Å². The number of rotatable bonds is 1. The van der Waals surface area contributed by atoms with E-state index in [2.05, 4.69) is 36.4 Å². The molecule has 0 aliphatic carbocycles. The molecule has 1 saturated heterocycles. The van der Waals surface area contributed by atoms with Gasteiger partial charge in [-0.25, -0.2) is 4.68 Å². The Morgan fingerprint density at radius 3 is 2.89 bits per heavy atom. The Bertz CT molecular complexity index is 434. The molecule has 5 nitrogen and oxygen atoms in total. The van der Waals surface area contributed by atoms with Gasteiger partial charge in [-0.3, -0.25) is 0 Å². The second-order valence-electron chi connectivity index (χ2n) is 6.04. The van der Waals surface area contributed by atoms with Crippen LogP contribution in [0.25, 0.3) is 0 Å². The molecule has 0 amide bonds. The molecule has 2 aliphatic rings. The Hall–Kier alpha value is -0.750. The first-order valence-corrected chi connectivity index (χ1v) is 7.50. The number of fused-ring (bicyclic) bond motifs is 1. The fourth-order valence-corrected chi connectivity index (χ4v) is 3.54. The SMILES string of the molecule is CC(C)(C)C1CSc2nnc(C3CCCO3)n2N1. The van der Waals surface area contributed by atoms with Crippen LogP contribution < -0.4 is 5.43 Å². The van der Waals surface area contributed by atoms with Gasteiger partial charge in [0.2, 0.25) is 5.16 Å². The molecule has 1 N–H and O–H groups in total. The van der Waals surface area contributed by atoms with Crippen molar-refractivity contribution in [3.8, 4) is 0 Å². The molecule has 0 aromatic carbocycles. The Morgan fingerprint density at radius 2 is 2.22 bits per heavy atom. The molecule has 0 spiro atoms. The molecule has 1 aromatic heterocycles. The second-order valence-corrected chi connectivity index (χ2v) is 7.02. The van der Waals surface area contributed by atoms with E-state index in [4.69, 9.17) is 4.74 Å².